The summed E-state index contributed by atoms with van der Waals surface area (Å²) in [6.07, 6.45) is 1.61. The number of carbonyl (C=O) groups is 1. The molecule has 0 aliphatic heterocycles. The van der Waals surface area contributed by atoms with Gasteiger partial charge in [0.1, 0.15) is 16.6 Å². The van der Waals surface area contributed by atoms with E-state index in [0.717, 1.165) is 17.5 Å². The molecule has 1 N–H and O–H groups in total. The average Bonchev–Trinajstić information content (AvgIpc) is 2.91. The molecule has 1 saturated carbocycles. The van der Waals surface area contributed by atoms with Crippen molar-refractivity contribution in [2.45, 2.75) is 30.2 Å². The van der Waals surface area contributed by atoms with E-state index in [9.17, 15) is 13.2 Å². The van der Waals surface area contributed by atoms with Gasteiger partial charge in [-0.2, -0.15) is 5.10 Å². The van der Waals surface area contributed by atoms with Crippen LogP contribution in [0.25, 0.3) is 0 Å². The van der Waals surface area contributed by atoms with E-state index in [1.165, 1.54) is 0 Å². The Morgan fingerprint density at radius 2 is 2.12 bits per heavy atom. The summed E-state index contributed by atoms with van der Waals surface area (Å²) < 4.78 is 23.7. The van der Waals surface area contributed by atoms with E-state index < -0.39 is 21.6 Å². The van der Waals surface area contributed by atoms with Crippen molar-refractivity contribution in [3.63, 3.8) is 0 Å². The molecule has 0 spiro atoms. The van der Waals surface area contributed by atoms with Crippen LogP contribution < -0.4 is 0 Å². The van der Waals surface area contributed by atoms with Gasteiger partial charge in [0, 0.05) is 16.6 Å². The van der Waals surface area contributed by atoms with Crippen LogP contribution >= 0.6 is 22.3 Å². The molecule has 17 heavy (non-hydrogen) atoms. The van der Waals surface area contributed by atoms with Crippen molar-refractivity contribution < 1.29 is 18.3 Å². The molecular weight excluding hydrogens is 291 g/mol. The lowest BCUT2D eigenvalue weighted by Gasteiger charge is -1.97. The molecule has 0 amide bonds. The highest BCUT2D eigenvalue weighted by Gasteiger charge is 2.36. The first kappa shape index (κ1) is 12.7. The van der Waals surface area contributed by atoms with E-state index in [4.69, 9.17) is 27.4 Å². The summed E-state index contributed by atoms with van der Waals surface area (Å²) in [6, 6.07) is 0. The standard InChI is InChI=1S/C8H8Cl2N2O4S/c9-8-7(17(10,15)16)6(4-1-2-4)11-12(8)3-5(13)14/h4H,1-3H2,(H,13,14). The number of aromatic nitrogens is 2. The van der Waals surface area contributed by atoms with E-state index in [-0.39, 0.29) is 21.7 Å². The van der Waals surface area contributed by atoms with Crippen LogP contribution in [0.5, 0.6) is 0 Å². The van der Waals surface area contributed by atoms with E-state index in [2.05, 4.69) is 5.10 Å². The maximum absolute atomic E-state index is 11.4. The van der Waals surface area contributed by atoms with Gasteiger partial charge in [0.15, 0.2) is 0 Å². The number of hydrogen-bond donors (Lipinski definition) is 1. The number of rotatable bonds is 4. The summed E-state index contributed by atoms with van der Waals surface area (Å²) in [5, 5.41) is 12.3. The van der Waals surface area contributed by atoms with E-state index >= 15 is 0 Å². The topological polar surface area (TPSA) is 89.3 Å². The van der Waals surface area contributed by atoms with Gasteiger partial charge in [-0.05, 0) is 12.8 Å². The SMILES string of the molecule is O=C(O)Cn1nc(C2CC2)c(S(=O)(=O)Cl)c1Cl. The highest BCUT2D eigenvalue weighted by atomic mass is 35.7. The van der Waals surface area contributed by atoms with E-state index in [0.29, 0.717) is 0 Å². The fourth-order valence-corrected chi connectivity index (χ4v) is 3.36. The second-order valence-corrected chi connectivity index (χ2v) is 6.63. The summed E-state index contributed by atoms with van der Waals surface area (Å²) in [6.45, 7) is -0.495. The monoisotopic (exact) mass is 298 g/mol. The smallest absolute Gasteiger partial charge is 0.325 e. The van der Waals surface area contributed by atoms with Crippen molar-refractivity contribution in [1.29, 1.82) is 0 Å². The highest BCUT2D eigenvalue weighted by Crippen LogP contribution is 2.44. The maximum atomic E-state index is 11.4. The lowest BCUT2D eigenvalue weighted by Crippen LogP contribution is -2.10. The number of halogens is 2. The number of carboxylic acids is 1. The van der Waals surface area contributed by atoms with Crippen LogP contribution in [0.15, 0.2) is 4.90 Å². The summed E-state index contributed by atoms with van der Waals surface area (Å²) in [5.41, 5.74) is 0.270. The summed E-state index contributed by atoms with van der Waals surface area (Å²) in [5.74, 6) is -1.15. The van der Waals surface area contributed by atoms with Gasteiger partial charge < -0.3 is 5.11 Å². The van der Waals surface area contributed by atoms with Gasteiger partial charge in [-0.1, -0.05) is 11.6 Å². The third-order valence-electron chi connectivity index (χ3n) is 2.37. The molecule has 2 rings (SSSR count). The molecule has 0 aromatic carbocycles. The number of hydrogen-bond acceptors (Lipinski definition) is 4. The molecule has 0 bridgehead atoms. The van der Waals surface area contributed by atoms with Crippen LogP contribution in [0, 0.1) is 0 Å². The van der Waals surface area contributed by atoms with Gasteiger partial charge in [-0.15, -0.1) is 0 Å². The third-order valence-corrected chi connectivity index (χ3v) is 4.22. The van der Waals surface area contributed by atoms with Crippen molar-refractivity contribution in [1.82, 2.24) is 9.78 Å². The molecule has 1 aromatic rings. The molecule has 0 unspecified atom stereocenters. The van der Waals surface area contributed by atoms with Gasteiger partial charge in [-0.3, -0.25) is 4.79 Å². The van der Waals surface area contributed by atoms with Crippen LogP contribution in [0.1, 0.15) is 24.5 Å². The normalized spacial score (nSPS) is 16.1. The molecule has 1 aliphatic rings. The van der Waals surface area contributed by atoms with E-state index in [1.807, 2.05) is 0 Å². The quantitative estimate of drug-likeness (QED) is 0.849. The highest BCUT2D eigenvalue weighted by molar-refractivity contribution is 8.13. The van der Waals surface area contributed by atoms with E-state index in [1.54, 1.807) is 0 Å². The minimum atomic E-state index is -4.02. The molecule has 94 valence electrons. The van der Waals surface area contributed by atoms with Crippen molar-refractivity contribution in [3.8, 4) is 0 Å². The van der Waals surface area contributed by atoms with Crippen molar-refractivity contribution in [2.24, 2.45) is 0 Å². The van der Waals surface area contributed by atoms with Crippen molar-refractivity contribution in [2.75, 3.05) is 0 Å². The average molecular weight is 299 g/mol. The van der Waals surface area contributed by atoms with Crippen molar-refractivity contribution >= 4 is 37.3 Å². The Kier molecular flexibility index (Phi) is 3.09. The fourth-order valence-electron chi connectivity index (χ4n) is 1.52. The van der Waals surface area contributed by atoms with Gasteiger partial charge in [-0.25, -0.2) is 13.1 Å². The molecule has 0 atom stereocenters. The predicted molar refractivity (Wildman–Crippen MR) is 59.9 cm³/mol. The Morgan fingerprint density at radius 3 is 2.53 bits per heavy atom. The Morgan fingerprint density at radius 1 is 1.53 bits per heavy atom. The second kappa shape index (κ2) is 4.15. The molecule has 1 heterocycles. The first-order valence-electron chi connectivity index (χ1n) is 4.73. The Labute approximate surface area is 107 Å². The number of nitrogens with zero attached hydrogens (tertiary/aromatic N) is 2. The first-order valence-corrected chi connectivity index (χ1v) is 7.42. The fraction of sp³-hybridized carbons (Fsp3) is 0.500. The Balaban J connectivity index is 2.55. The lowest BCUT2D eigenvalue weighted by molar-refractivity contribution is -0.137. The molecule has 1 fully saturated rings. The molecule has 0 saturated heterocycles. The third kappa shape index (κ3) is 2.56. The number of carboxylic acid groups (broad SMARTS) is 1. The molecule has 1 aliphatic carbocycles. The summed E-state index contributed by atoms with van der Waals surface area (Å²) >= 11 is 5.80. The first-order chi connectivity index (χ1) is 7.80. The Bertz CT molecular complexity index is 577. The zero-order valence-electron chi connectivity index (χ0n) is 8.43. The van der Waals surface area contributed by atoms with Crippen LogP contribution in [0.3, 0.4) is 0 Å². The zero-order chi connectivity index (χ0) is 12.8. The second-order valence-electron chi connectivity index (χ2n) is 3.77. The minimum Gasteiger partial charge on any atom is -0.480 e. The van der Waals surface area contributed by atoms with Crippen LogP contribution in [0.4, 0.5) is 0 Å². The lowest BCUT2D eigenvalue weighted by atomic mass is 10.3. The van der Waals surface area contributed by atoms with Gasteiger partial charge in [0.2, 0.25) is 0 Å². The number of aliphatic carboxylic acids is 1. The zero-order valence-corrected chi connectivity index (χ0v) is 10.8. The van der Waals surface area contributed by atoms with Gasteiger partial charge in [0.25, 0.3) is 9.05 Å². The predicted octanol–water partition coefficient (Wildman–Crippen LogP) is 1.43. The Hall–Kier alpha value is -0.790. The molecule has 1 aromatic heterocycles. The molecule has 0 radical (unpaired) electrons. The minimum absolute atomic E-state index is 0.00562. The molecular formula is C8H8Cl2N2O4S. The summed E-state index contributed by atoms with van der Waals surface area (Å²) in [7, 11) is 1.26. The molecule has 9 heteroatoms. The van der Waals surface area contributed by atoms with Gasteiger partial charge >= 0.3 is 5.97 Å². The van der Waals surface area contributed by atoms with Crippen molar-refractivity contribution in [3.05, 3.63) is 10.8 Å². The van der Waals surface area contributed by atoms with Crippen LogP contribution in [-0.4, -0.2) is 29.3 Å². The van der Waals surface area contributed by atoms with Gasteiger partial charge in [0.05, 0.1) is 5.69 Å². The molecule has 6 nitrogen and oxygen atoms in total. The maximum Gasteiger partial charge on any atom is 0.325 e. The largest absolute Gasteiger partial charge is 0.480 e. The van der Waals surface area contributed by atoms with Crippen LogP contribution in [0.2, 0.25) is 5.15 Å². The summed E-state index contributed by atoms with van der Waals surface area (Å²) in [4.78, 5) is 10.3. The van der Waals surface area contributed by atoms with Crippen LogP contribution in [-0.2, 0) is 20.4 Å².